The molecule has 1 saturated heterocycles. The number of nitrogens with zero attached hydrogens (tertiary/aromatic N) is 3. The van der Waals surface area contributed by atoms with Crippen molar-refractivity contribution >= 4 is 56.7 Å². The minimum atomic E-state index is -2.12. The number of anilines is 2. The summed E-state index contributed by atoms with van der Waals surface area (Å²) >= 11 is 0. The van der Waals surface area contributed by atoms with Crippen LogP contribution in [0, 0.1) is 36.4 Å². The third-order valence-electron chi connectivity index (χ3n) is 15.5. The van der Waals surface area contributed by atoms with E-state index in [0.29, 0.717) is 5.52 Å². The maximum absolute atomic E-state index is 16.0. The number of hydrogen-bond donors (Lipinski definition) is 7. The van der Waals surface area contributed by atoms with Crippen molar-refractivity contribution < 1.29 is 73.2 Å². The van der Waals surface area contributed by atoms with Gasteiger partial charge in [-0.1, -0.05) is 45.9 Å². The van der Waals surface area contributed by atoms with Gasteiger partial charge in [0.2, 0.25) is 5.43 Å². The SMILES string of the molecule is CO[C@H]1/C=C/O[C@@]2(C)Oc3c(C)c(O)c4c(O)c(c(CN5CCN(c6cc7c(cc6F)c(=O)c(C(=O)O)cn7C6CC6)CC5)c(O)c4c3C2=O)NC(=O)/C(C)=C\C=C\[C@H](C)[C@H](O)[C@@H](C)[C@@H](O)[C@@H](C)[C@H](OC(C)=O)[C@@H]1C. The first-order chi connectivity index (χ1) is 35.4. The van der Waals surface area contributed by atoms with Gasteiger partial charge in [-0.3, -0.25) is 24.1 Å². The number of carboxylic acids is 1. The molecule has 5 bridgehead atoms. The summed E-state index contributed by atoms with van der Waals surface area (Å²) in [4.78, 5) is 70.1. The van der Waals surface area contributed by atoms with Crippen molar-refractivity contribution in [2.75, 3.05) is 43.5 Å². The first kappa shape index (κ1) is 54.3. The zero-order valence-electron chi connectivity index (χ0n) is 43.3. The van der Waals surface area contributed by atoms with Gasteiger partial charge in [-0.05, 0) is 44.9 Å². The van der Waals surface area contributed by atoms with E-state index in [0.717, 1.165) is 18.9 Å². The number of halogens is 1. The molecule has 4 aromatic rings. The predicted molar refractivity (Wildman–Crippen MR) is 275 cm³/mol. The van der Waals surface area contributed by atoms with Gasteiger partial charge in [0.05, 0.1) is 52.4 Å². The molecule has 1 aliphatic carbocycles. The van der Waals surface area contributed by atoms with Crippen LogP contribution in [0.3, 0.4) is 0 Å². The van der Waals surface area contributed by atoms with Crippen molar-refractivity contribution in [3.05, 3.63) is 92.8 Å². The number of aromatic nitrogens is 1. The number of carbonyl (C=O) groups excluding carboxylic acids is 3. The number of carboxylic acid groups (broad SMARTS) is 1. The van der Waals surface area contributed by atoms with Crippen LogP contribution in [0.5, 0.6) is 23.0 Å². The molecule has 5 heterocycles. The molecule has 1 saturated carbocycles. The molecule has 9 rings (SSSR count). The Morgan fingerprint density at radius 2 is 1.59 bits per heavy atom. The predicted octanol–water partition coefficient (Wildman–Crippen LogP) is 6.56. The van der Waals surface area contributed by atoms with Crippen molar-refractivity contribution in [3.8, 4) is 23.0 Å². The number of phenols is 3. The highest BCUT2D eigenvalue weighted by Crippen LogP contribution is 2.55. The average molecular weight is 1040 g/mol. The van der Waals surface area contributed by atoms with Gasteiger partial charge in [0.15, 0.2) is 5.75 Å². The van der Waals surface area contributed by atoms with Crippen LogP contribution in [0.4, 0.5) is 15.8 Å². The maximum Gasteiger partial charge on any atom is 0.341 e. The van der Waals surface area contributed by atoms with Gasteiger partial charge in [-0.25, -0.2) is 9.18 Å². The van der Waals surface area contributed by atoms with E-state index in [9.17, 15) is 54.6 Å². The van der Waals surface area contributed by atoms with Gasteiger partial charge in [0, 0.05) is 117 Å². The Balaban J connectivity index is 1.19. The van der Waals surface area contributed by atoms with Gasteiger partial charge in [0.1, 0.15) is 34.7 Å². The number of esters is 1. The highest BCUT2D eigenvalue weighted by atomic mass is 19.1. The Hall–Kier alpha value is -7.00. The van der Waals surface area contributed by atoms with Gasteiger partial charge in [0.25, 0.3) is 11.7 Å². The number of Topliss-reactive ketones (excluding diaryl/α,β-unsaturated/α-hetero) is 1. The molecule has 0 spiro atoms. The van der Waals surface area contributed by atoms with Crippen molar-refractivity contribution in [3.63, 3.8) is 0 Å². The molecule has 0 radical (unpaired) electrons. The second-order valence-electron chi connectivity index (χ2n) is 20.6. The van der Waals surface area contributed by atoms with Crippen LogP contribution in [0.2, 0.25) is 0 Å². The number of methoxy groups -OCH3 is 1. The fraction of sp³-hybridized carbons (Fsp3) is 0.473. The molecule has 402 valence electrons. The molecule has 1 amide bonds. The van der Waals surface area contributed by atoms with Crippen LogP contribution >= 0.6 is 0 Å². The van der Waals surface area contributed by atoms with Crippen LogP contribution in [-0.4, -0.2) is 127 Å². The zero-order chi connectivity index (χ0) is 54.7. The lowest BCUT2D eigenvalue weighted by molar-refractivity contribution is -0.160. The lowest BCUT2D eigenvalue weighted by atomic mass is 9.78. The Bertz CT molecular complexity index is 3140. The number of aliphatic hydroxyl groups is 2. The summed E-state index contributed by atoms with van der Waals surface area (Å²) in [6.45, 7) is 13.1. The number of aromatic hydroxyl groups is 3. The van der Waals surface area contributed by atoms with E-state index in [2.05, 4.69) is 5.32 Å². The second-order valence-corrected chi connectivity index (χ2v) is 20.6. The number of ether oxygens (including phenoxy) is 4. The van der Waals surface area contributed by atoms with E-state index < -0.39 is 112 Å². The molecule has 4 aliphatic heterocycles. The summed E-state index contributed by atoms with van der Waals surface area (Å²) < 4.78 is 41.5. The van der Waals surface area contributed by atoms with Crippen molar-refractivity contribution in [2.45, 2.75) is 111 Å². The number of phenolic OH excluding ortho intramolecular Hbond substituents is 3. The van der Waals surface area contributed by atoms with Gasteiger partial charge in [-0.2, -0.15) is 0 Å². The quantitative estimate of drug-likeness (QED) is 0.0587. The number of amides is 1. The second kappa shape index (κ2) is 21.0. The number of rotatable bonds is 7. The van der Waals surface area contributed by atoms with Gasteiger partial charge >= 0.3 is 17.7 Å². The number of allylic oxidation sites excluding steroid dienone is 2. The summed E-state index contributed by atoms with van der Waals surface area (Å²) in [6.07, 6.45) is 6.11. The number of aromatic carboxylic acids is 1. The van der Waals surface area contributed by atoms with Crippen molar-refractivity contribution in [2.24, 2.45) is 23.7 Å². The van der Waals surface area contributed by atoms with Crippen molar-refractivity contribution in [1.82, 2.24) is 9.47 Å². The highest BCUT2D eigenvalue weighted by Gasteiger charge is 2.50. The monoisotopic (exact) mass is 1040 g/mol. The summed E-state index contributed by atoms with van der Waals surface area (Å²) in [5.74, 6) is -11.0. The Morgan fingerprint density at radius 1 is 0.907 bits per heavy atom. The molecule has 2 fully saturated rings. The largest absolute Gasteiger partial charge is 0.507 e. The van der Waals surface area contributed by atoms with Crippen LogP contribution < -0.4 is 20.4 Å². The molecule has 9 atom stereocenters. The summed E-state index contributed by atoms with van der Waals surface area (Å²) in [7, 11) is 1.42. The average Bonchev–Trinajstić information content (AvgIpc) is 4.20. The molecule has 0 unspecified atom stereocenters. The maximum atomic E-state index is 16.0. The van der Waals surface area contributed by atoms with E-state index >= 15 is 4.39 Å². The number of nitrogens with one attached hydrogen (secondary N) is 1. The highest BCUT2D eigenvalue weighted by molar-refractivity contribution is 6.22. The lowest BCUT2D eigenvalue weighted by Gasteiger charge is -2.38. The Labute approximate surface area is 432 Å². The fourth-order valence-electron chi connectivity index (χ4n) is 10.7. The minimum absolute atomic E-state index is 0.00723. The zero-order valence-corrected chi connectivity index (χ0v) is 43.3. The Kier molecular flexibility index (Phi) is 15.2. The summed E-state index contributed by atoms with van der Waals surface area (Å²) in [6, 6.07) is 2.60. The Morgan fingerprint density at radius 3 is 2.21 bits per heavy atom. The van der Waals surface area contributed by atoms with Crippen LogP contribution in [0.15, 0.2) is 59.3 Å². The number of ketones is 1. The number of aliphatic hydroxyl groups excluding tert-OH is 2. The standard InChI is InChI=1S/C55H65FN4O15/c1-25-11-10-12-26(2)53(69)57-43-34(23-58-16-18-59(19-17-58)38-22-37-33(21-36(38)56)47(65)35(54(70)71)24-60(37)32-13-14-32)48(66)40-41(49(43)67)46(64)30(6)51-42(40)52(68)55(8,75-51)73-20-15-39(72-9)27(3)50(74-31(7)61)29(5)45(63)28(4)44(25)62/h10-12,15,20-22,24-25,27-29,32,39,44-45,50,62-64,66-67H,13-14,16-19,23H2,1-9H3,(H,57,69)(H,70,71)/b11-10+,20-15+,26-12-/t25-,27+,28+,29+,39-,44-,45+,50+,55-/m0/s1. The summed E-state index contributed by atoms with van der Waals surface area (Å²) in [5, 5.41) is 71.5. The van der Waals surface area contributed by atoms with E-state index in [1.165, 1.54) is 59.4 Å². The van der Waals surface area contributed by atoms with Gasteiger partial charge < -0.3 is 64.4 Å². The molecule has 75 heavy (non-hydrogen) atoms. The van der Waals surface area contributed by atoms with E-state index in [1.807, 2.05) is 4.90 Å². The van der Waals surface area contributed by atoms with Gasteiger partial charge in [-0.15, -0.1) is 0 Å². The van der Waals surface area contributed by atoms with Crippen LogP contribution in [0.1, 0.15) is 99.2 Å². The first-order valence-corrected chi connectivity index (χ1v) is 25.1. The van der Waals surface area contributed by atoms with Crippen LogP contribution in [0.25, 0.3) is 21.7 Å². The van der Waals surface area contributed by atoms with E-state index in [1.54, 1.807) is 55.4 Å². The normalized spacial score (nSPS) is 28.6. The fourth-order valence-corrected chi connectivity index (χ4v) is 10.7. The van der Waals surface area contributed by atoms with E-state index in [-0.39, 0.29) is 94.3 Å². The summed E-state index contributed by atoms with van der Waals surface area (Å²) in [5.41, 5.74) is -1.03. The third kappa shape index (κ3) is 10.0. The molecule has 3 aromatic carbocycles. The smallest absolute Gasteiger partial charge is 0.341 e. The minimum Gasteiger partial charge on any atom is -0.507 e. The number of fused-ring (bicyclic) bond motifs is 15. The number of carbonyl (C=O) groups is 4. The molecular formula is C55H65FN4O15. The number of hydrogen-bond acceptors (Lipinski definition) is 16. The lowest BCUT2D eigenvalue weighted by Crippen LogP contribution is -2.46. The topological polar surface area (TPSA) is 267 Å². The number of piperazine rings is 1. The molecule has 19 nitrogen and oxygen atoms in total. The molecule has 5 aliphatic rings. The number of pyridine rings is 1. The van der Waals surface area contributed by atoms with E-state index in [4.69, 9.17) is 18.9 Å². The number of benzene rings is 3. The molecular weight excluding hydrogens is 976 g/mol. The van der Waals surface area contributed by atoms with Crippen LogP contribution in [-0.2, 0) is 30.3 Å². The third-order valence-corrected chi connectivity index (χ3v) is 15.5. The first-order valence-electron chi connectivity index (χ1n) is 25.1. The van der Waals surface area contributed by atoms with Crippen molar-refractivity contribution in [1.29, 1.82) is 0 Å². The molecule has 7 N–H and O–H groups in total. The molecule has 1 aromatic heterocycles. The molecule has 20 heteroatoms.